The highest BCUT2D eigenvalue weighted by Crippen LogP contribution is 2.29. The fraction of sp³-hybridized carbons (Fsp3) is 0.357. The first-order valence-electron chi connectivity index (χ1n) is 5.84. The lowest BCUT2D eigenvalue weighted by atomic mass is 10.0. The van der Waals surface area contributed by atoms with E-state index in [4.69, 9.17) is 0 Å². The number of hydrogen-bond donors (Lipinski definition) is 2. The summed E-state index contributed by atoms with van der Waals surface area (Å²) in [4.78, 5) is 0. The molecule has 0 atom stereocenters. The van der Waals surface area contributed by atoms with Crippen molar-refractivity contribution in [2.75, 3.05) is 0 Å². The molecule has 0 bridgehead atoms. The zero-order valence-corrected chi connectivity index (χ0v) is 12.6. The normalized spacial score (nSPS) is 11.9. The van der Waals surface area contributed by atoms with Crippen LogP contribution in [0.15, 0.2) is 22.7 Å². The van der Waals surface area contributed by atoms with Crippen molar-refractivity contribution in [3.05, 3.63) is 39.5 Å². The zero-order chi connectivity index (χ0) is 13.5. The van der Waals surface area contributed by atoms with Gasteiger partial charge in [0.1, 0.15) is 5.60 Å². The number of benzene rings is 1. The van der Waals surface area contributed by atoms with Crippen LogP contribution in [0.3, 0.4) is 0 Å². The molecule has 0 aliphatic rings. The number of hydrogen-bond acceptors (Lipinski definition) is 2. The number of aromatic nitrogens is 2. The molecule has 0 spiro atoms. The molecule has 4 heteroatoms. The second kappa shape index (κ2) is 4.52. The molecule has 1 aromatic carbocycles. The lowest BCUT2D eigenvalue weighted by Gasteiger charge is -2.13. The third kappa shape index (κ3) is 2.49. The van der Waals surface area contributed by atoms with Crippen LogP contribution in [0.25, 0.3) is 11.3 Å². The van der Waals surface area contributed by atoms with E-state index >= 15 is 0 Å². The fourth-order valence-corrected chi connectivity index (χ4v) is 2.11. The summed E-state index contributed by atoms with van der Waals surface area (Å²) in [6, 6.07) is 6.06. The Hall–Kier alpha value is -1.13. The summed E-state index contributed by atoms with van der Waals surface area (Å²) in [7, 11) is 0. The predicted octanol–water partition coefficient (Wildman–Crippen LogP) is 3.68. The van der Waals surface area contributed by atoms with Crippen molar-refractivity contribution in [3.63, 3.8) is 0 Å². The molecular formula is C14H17BrN2O. The third-order valence-electron chi connectivity index (χ3n) is 2.97. The monoisotopic (exact) mass is 308 g/mol. The van der Waals surface area contributed by atoms with Crippen LogP contribution in [0.2, 0.25) is 0 Å². The van der Waals surface area contributed by atoms with E-state index in [1.54, 1.807) is 13.8 Å². The van der Waals surface area contributed by atoms with Gasteiger partial charge in [0.25, 0.3) is 0 Å². The summed E-state index contributed by atoms with van der Waals surface area (Å²) in [6.45, 7) is 7.60. The topological polar surface area (TPSA) is 48.9 Å². The van der Waals surface area contributed by atoms with Crippen molar-refractivity contribution in [1.29, 1.82) is 0 Å². The van der Waals surface area contributed by atoms with Crippen molar-refractivity contribution in [1.82, 2.24) is 10.2 Å². The van der Waals surface area contributed by atoms with Crippen molar-refractivity contribution >= 4 is 15.9 Å². The van der Waals surface area contributed by atoms with Crippen LogP contribution in [0.4, 0.5) is 0 Å². The molecule has 0 saturated carbocycles. The molecular weight excluding hydrogens is 292 g/mol. The smallest absolute Gasteiger partial charge is 0.100 e. The van der Waals surface area contributed by atoms with E-state index in [1.165, 1.54) is 11.1 Å². The van der Waals surface area contributed by atoms with Gasteiger partial charge in [-0.05, 0) is 57.0 Å². The van der Waals surface area contributed by atoms with E-state index in [0.717, 1.165) is 21.4 Å². The maximum Gasteiger partial charge on any atom is 0.100 e. The molecule has 1 heterocycles. The zero-order valence-electron chi connectivity index (χ0n) is 11.0. The Morgan fingerprint density at radius 1 is 1.17 bits per heavy atom. The first-order chi connectivity index (χ1) is 8.29. The largest absolute Gasteiger partial charge is 0.384 e. The van der Waals surface area contributed by atoms with Crippen molar-refractivity contribution in [2.45, 2.75) is 33.3 Å². The van der Waals surface area contributed by atoms with E-state index in [-0.39, 0.29) is 0 Å². The summed E-state index contributed by atoms with van der Waals surface area (Å²) in [5.41, 5.74) is 4.09. The standard InChI is InChI=1S/C14H17BrN2O/c1-8-5-10(6-9(2)13(8)15)11-7-12(17-16-11)14(3,4)18/h5-7,18H,1-4H3,(H,16,17). The molecule has 0 radical (unpaired) electrons. The molecule has 0 fully saturated rings. The molecule has 2 rings (SSSR count). The van der Waals surface area contributed by atoms with Gasteiger partial charge in [-0.25, -0.2) is 0 Å². The fourth-order valence-electron chi connectivity index (χ4n) is 1.88. The van der Waals surface area contributed by atoms with E-state index < -0.39 is 5.60 Å². The van der Waals surface area contributed by atoms with Gasteiger partial charge in [0.05, 0.1) is 11.4 Å². The van der Waals surface area contributed by atoms with Crippen LogP contribution < -0.4 is 0 Å². The van der Waals surface area contributed by atoms with E-state index in [1.807, 2.05) is 6.07 Å². The highest BCUT2D eigenvalue weighted by atomic mass is 79.9. The Morgan fingerprint density at radius 2 is 1.72 bits per heavy atom. The number of aryl methyl sites for hydroxylation is 2. The van der Waals surface area contributed by atoms with Gasteiger partial charge in [0.2, 0.25) is 0 Å². The number of halogens is 1. The SMILES string of the molecule is Cc1cc(-c2cc(C(C)(C)O)[nH]n2)cc(C)c1Br. The van der Waals surface area contributed by atoms with Crippen LogP contribution in [-0.2, 0) is 5.60 Å². The molecule has 0 unspecified atom stereocenters. The quantitative estimate of drug-likeness (QED) is 0.889. The van der Waals surface area contributed by atoms with Crippen LogP contribution in [-0.4, -0.2) is 15.3 Å². The summed E-state index contributed by atoms with van der Waals surface area (Å²) in [5.74, 6) is 0. The predicted molar refractivity (Wildman–Crippen MR) is 76.4 cm³/mol. The summed E-state index contributed by atoms with van der Waals surface area (Å²) >= 11 is 3.55. The van der Waals surface area contributed by atoms with E-state index in [9.17, 15) is 5.11 Å². The number of H-pyrrole nitrogens is 1. The van der Waals surface area contributed by atoms with Crippen LogP contribution in [0, 0.1) is 13.8 Å². The van der Waals surface area contributed by atoms with Gasteiger partial charge >= 0.3 is 0 Å². The lowest BCUT2D eigenvalue weighted by Crippen LogP contribution is -2.15. The minimum atomic E-state index is -0.898. The number of rotatable bonds is 2. The van der Waals surface area contributed by atoms with Crippen LogP contribution >= 0.6 is 15.9 Å². The van der Waals surface area contributed by atoms with E-state index in [2.05, 4.69) is 52.1 Å². The summed E-state index contributed by atoms with van der Waals surface area (Å²) in [5, 5.41) is 17.1. The van der Waals surface area contributed by atoms with Gasteiger partial charge in [-0.3, -0.25) is 5.10 Å². The molecule has 96 valence electrons. The van der Waals surface area contributed by atoms with Gasteiger partial charge in [-0.15, -0.1) is 0 Å². The second-order valence-corrected chi connectivity index (χ2v) is 5.94. The van der Waals surface area contributed by atoms with Gasteiger partial charge < -0.3 is 5.11 Å². The van der Waals surface area contributed by atoms with E-state index in [0.29, 0.717) is 0 Å². The highest BCUT2D eigenvalue weighted by molar-refractivity contribution is 9.10. The van der Waals surface area contributed by atoms with Crippen LogP contribution in [0.1, 0.15) is 30.7 Å². The third-order valence-corrected chi connectivity index (χ3v) is 4.22. The molecule has 1 aromatic heterocycles. The lowest BCUT2D eigenvalue weighted by molar-refractivity contribution is 0.0738. The first-order valence-corrected chi connectivity index (χ1v) is 6.63. The second-order valence-electron chi connectivity index (χ2n) is 5.15. The molecule has 0 amide bonds. The average molecular weight is 309 g/mol. The Kier molecular flexibility index (Phi) is 3.34. The van der Waals surface area contributed by atoms with Crippen molar-refractivity contribution in [3.8, 4) is 11.3 Å². The first kappa shape index (κ1) is 13.3. The van der Waals surface area contributed by atoms with Gasteiger partial charge in [0.15, 0.2) is 0 Å². The Morgan fingerprint density at radius 3 is 2.17 bits per heavy atom. The van der Waals surface area contributed by atoms with Gasteiger partial charge in [-0.1, -0.05) is 15.9 Å². The molecule has 18 heavy (non-hydrogen) atoms. The number of nitrogens with one attached hydrogen (secondary N) is 1. The average Bonchev–Trinajstić information content (AvgIpc) is 2.73. The molecule has 0 aliphatic carbocycles. The molecule has 2 N–H and O–H groups in total. The van der Waals surface area contributed by atoms with Gasteiger partial charge in [0, 0.05) is 10.0 Å². The maximum absolute atomic E-state index is 9.92. The molecule has 2 aromatic rings. The summed E-state index contributed by atoms with van der Waals surface area (Å²) < 4.78 is 1.13. The van der Waals surface area contributed by atoms with Crippen molar-refractivity contribution < 1.29 is 5.11 Å². The molecule has 0 aliphatic heterocycles. The highest BCUT2D eigenvalue weighted by Gasteiger charge is 2.19. The number of aliphatic hydroxyl groups is 1. The van der Waals surface area contributed by atoms with Gasteiger partial charge in [-0.2, -0.15) is 5.10 Å². The minimum Gasteiger partial charge on any atom is -0.384 e. The molecule has 0 saturated heterocycles. The minimum absolute atomic E-state index is 0.718. The Labute approximate surface area is 115 Å². The number of nitrogens with zero attached hydrogens (tertiary/aromatic N) is 1. The summed E-state index contributed by atoms with van der Waals surface area (Å²) in [6.07, 6.45) is 0. The van der Waals surface area contributed by atoms with Crippen molar-refractivity contribution in [2.24, 2.45) is 0 Å². The molecule has 3 nitrogen and oxygen atoms in total. The number of aromatic amines is 1. The van der Waals surface area contributed by atoms with Crippen LogP contribution in [0.5, 0.6) is 0 Å². The maximum atomic E-state index is 9.92. The Balaban J connectivity index is 2.47. The Bertz CT molecular complexity index is 559.